The fourth-order valence-corrected chi connectivity index (χ4v) is 2.37. The van der Waals surface area contributed by atoms with Gasteiger partial charge >= 0.3 is 6.29 Å². The lowest BCUT2D eigenvalue weighted by Gasteiger charge is -2.06. The van der Waals surface area contributed by atoms with E-state index in [1.54, 1.807) is 30.7 Å². The number of benzene rings is 1. The molecule has 4 nitrogen and oxygen atoms in total. The highest BCUT2D eigenvalue weighted by Crippen LogP contribution is 2.48. The van der Waals surface area contributed by atoms with E-state index >= 15 is 0 Å². The van der Waals surface area contributed by atoms with E-state index in [-0.39, 0.29) is 11.5 Å². The first-order valence-electron chi connectivity index (χ1n) is 5.94. The summed E-state index contributed by atoms with van der Waals surface area (Å²) in [5, 5.41) is 0.833. The number of nitrogens with zero attached hydrogens (tertiary/aromatic N) is 1. The van der Waals surface area contributed by atoms with Crippen LogP contribution in [0.25, 0.3) is 22.0 Å². The molecule has 3 aromatic rings. The molecule has 1 N–H and O–H groups in total. The summed E-state index contributed by atoms with van der Waals surface area (Å²) in [6, 6.07) is 6.62. The SMILES string of the molecule is FC1(F)Oc2cccc(-c3c[nH]c4ccncc34)c2O1. The first-order valence-corrected chi connectivity index (χ1v) is 5.94. The summed E-state index contributed by atoms with van der Waals surface area (Å²) in [6.45, 7) is 0. The molecule has 0 aliphatic carbocycles. The number of rotatable bonds is 1. The van der Waals surface area contributed by atoms with Gasteiger partial charge < -0.3 is 14.5 Å². The van der Waals surface area contributed by atoms with E-state index in [2.05, 4.69) is 19.4 Å². The summed E-state index contributed by atoms with van der Waals surface area (Å²) in [5.41, 5.74) is 2.16. The number of aromatic amines is 1. The first-order chi connectivity index (χ1) is 9.64. The Morgan fingerprint density at radius 2 is 2.00 bits per heavy atom. The molecule has 1 aliphatic rings. The number of aromatic nitrogens is 2. The van der Waals surface area contributed by atoms with Gasteiger partial charge in [-0.15, -0.1) is 8.78 Å². The van der Waals surface area contributed by atoms with Crippen molar-refractivity contribution in [3.8, 4) is 22.6 Å². The van der Waals surface area contributed by atoms with E-state index in [4.69, 9.17) is 0 Å². The van der Waals surface area contributed by atoms with Crippen LogP contribution in [-0.4, -0.2) is 16.3 Å². The average Bonchev–Trinajstić information content (AvgIpc) is 2.97. The molecule has 0 saturated heterocycles. The molecule has 0 fully saturated rings. The highest BCUT2D eigenvalue weighted by Gasteiger charge is 2.44. The molecule has 0 atom stereocenters. The molecule has 0 spiro atoms. The molecule has 2 aromatic heterocycles. The Morgan fingerprint density at radius 3 is 2.90 bits per heavy atom. The fourth-order valence-electron chi connectivity index (χ4n) is 2.37. The first kappa shape index (κ1) is 11.2. The van der Waals surface area contributed by atoms with Crippen LogP contribution in [0, 0.1) is 0 Å². The number of pyridine rings is 1. The van der Waals surface area contributed by atoms with Crippen LogP contribution < -0.4 is 9.47 Å². The van der Waals surface area contributed by atoms with Crippen molar-refractivity contribution in [2.75, 3.05) is 0 Å². The van der Waals surface area contributed by atoms with Gasteiger partial charge in [-0.2, -0.15) is 0 Å². The quantitative estimate of drug-likeness (QED) is 0.738. The van der Waals surface area contributed by atoms with Crippen LogP contribution in [0.1, 0.15) is 0 Å². The third kappa shape index (κ3) is 1.54. The maximum absolute atomic E-state index is 13.2. The zero-order valence-corrected chi connectivity index (χ0v) is 10.1. The largest absolute Gasteiger partial charge is 0.586 e. The van der Waals surface area contributed by atoms with Crippen molar-refractivity contribution < 1.29 is 18.3 Å². The lowest BCUT2D eigenvalue weighted by Crippen LogP contribution is -2.26. The van der Waals surface area contributed by atoms with Crippen molar-refractivity contribution in [1.29, 1.82) is 0 Å². The van der Waals surface area contributed by atoms with E-state index in [0.717, 1.165) is 16.5 Å². The fraction of sp³-hybridized carbons (Fsp3) is 0.0714. The Balaban J connectivity index is 1.95. The van der Waals surface area contributed by atoms with Gasteiger partial charge in [0.25, 0.3) is 0 Å². The monoisotopic (exact) mass is 274 g/mol. The summed E-state index contributed by atoms with van der Waals surface area (Å²) < 4.78 is 35.5. The summed E-state index contributed by atoms with van der Waals surface area (Å²) in [6.07, 6.45) is 1.45. The van der Waals surface area contributed by atoms with Crippen LogP contribution >= 0.6 is 0 Å². The van der Waals surface area contributed by atoms with Crippen LogP contribution in [0.2, 0.25) is 0 Å². The van der Waals surface area contributed by atoms with Gasteiger partial charge in [-0.05, 0) is 12.1 Å². The maximum Gasteiger partial charge on any atom is 0.586 e. The number of halogens is 2. The number of H-pyrrole nitrogens is 1. The molecule has 3 heterocycles. The Kier molecular flexibility index (Phi) is 2.07. The van der Waals surface area contributed by atoms with E-state index in [9.17, 15) is 8.78 Å². The van der Waals surface area contributed by atoms with Gasteiger partial charge in [0.05, 0.1) is 0 Å². The predicted molar refractivity (Wildman–Crippen MR) is 67.7 cm³/mol. The third-order valence-electron chi connectivity index (χ3n) is 3.20. The molecule has 1 aromatic carbocycles. The lowest BCUT2D eigenvalue weighted by molar-refractivity contribution is -0.286. The highest BCUT2D eigenvalue weighted by molar-refractivity contribution is 5.97. The van der Waals surface area contributed by atoms with Crippen LogP contribution in [0.3, 0.4) is 0 Å². The number of para-hydroxylation sites is 1. The molecule has 20 heavy (non-hydrogen) atoms. The van der Waals surface area contributed by atoms with Gasteiger partial charge in [0.15, 0.2) is 11.5 Å². The summed E-state index contributed by atoms with van der Waals surface area (Å²) in [5.74, 6) is 0.0768. The van der Waals surface area contributed by atoms with Crippen molar-refractivity contribution in [2.45, 2.75) is 6.29 Å². The van der Waals surface area contributed by atoms with Crippen LogP contribution in [0.15, 0.2) is 42.9 Å². The number of ether oxygens (including phenoxy) is 2. The normalized spacial score (nSPS) is 15.7. The molecule has 0 bridgehead atoms. The Labute approximate surface area is 112 Å². The molecule has 0 unspecified atom stereocenters. The molecule has 0 amide bonds. The van der Waals surface area contributed by atoms with E-state index in [0.29, 0.717) is 5.56 Å². The minimum Gasteiger partial charge on any atom is -0.395 e. The third-order valence-corrected chi connectivity index (χ3v) is 3.20. The minimum absolute atomic E-state index is 0.0331. The van der Waals surface area contributed by atoms with Crippen LogP contribution in [-0.2, 0) is 0 Å². The summed E-state index contributed by atoms with van der Waals surface area (Å²) in [4.78, 5) is 7.13. The van der Waals surface area contributed by atoms with Gasteiger partial charge in [-0.3, -0.25) is 4.98 Å². The number of hydrogen-bond donors (Lipinski definition) is 1. The van der Waals surface area contributed by atoms with E-state index in [1.807, 2.05) is 6.07 Å². The number of fused-ring (bicyclic) bond motifs is 2. The number of hydrogen-bond acceptors (Lipinski definition) is 3. The molecule has 1 aliphatic heterocycles. The van der Waals surface area contributed by atoms with Gasteiger partial charge in [-0.1, -0.05) is 12.1 Å². The van der Waals surface area contributed by atoms with E-state index in [1.165, 1.54) is 6.07 Å². The lowest BCUT2D eigenvalue weighted by atomic mass is 10.0. The second kappa shape index (κ2) is 3.69. The molecular formula is C14H8F2N2O2. The van der Waals surface area contributed by atoms with Crippen molar-refractivity contribution in [3.63, 3.8) is 0 Å². The second-order valence-corrected chi connectivity index (χ2v) is 4.42. The van der Waals surface area contributed by atoms with Crippen LogP contribution in [0.5, 0.6) is 11.5 Å². The Bertz CT molecular complexity index is 814. The van der Waals surface area contributed by atoms with Crippen molar-refractivity contribution in [3.05, 3.63) is 42.9 Å². The molecule has 4 rings (SSSR count). The average molecular weight is 274 g/mol. The number of nitrogens with one attached hydrogen (secondary N) is 1. The van der Waals surface area contributed by atoms with Gasteiger partial charge in [0.1, 0.15) is 0 Å². The van der Waals surface area contributed by atoms with E-state index < -0.39 is 6.29 Å². The highest BCUT2D eigenvalue weighted by atomic mass is 19.3. The van der Waals surface area contributed by atoms with Crippen LogP contribution in [0.4, 0.5) is 8.78 Å². The molecule has 0 radical (unpaired) electrons. The number of alkyl halides is 2. The Morgan fingerprint density at radius 1 is 1.10 bits per heavy atom. The topological polar surface area (TPSA) is 47.1 Å². The smallest absolute Gasteiger partial charge is 0.395 e. The molecule has 0 saturated carbocycles. The zero-order chi connectivity index (χ0) is 13.7. The molecule has 6 heteroatoms. The predicted octanol–water partition coefficient (Wildman–Crippen LogP) is 3.55. The summed E-state index contributed by atoms with van der Waals surface area (Å²) >= 11 is 0. The van der Waals surface area contributed by atoms with Crippen molar-refractivity contribution >= 4 is 10.9 Å². The Hall–Kier alpha value is -2.63. The van der Waals surface area contributed by atoms with Gasteiger partial charge in [0, 0.05) is 40.6 Å². The summed E-state index contributed by atoms with van der Waals surface area (Å²) in [7, 11) is 0. The van der Waals surface area contributed by atoms with Crippen molar-refractivity contribution in [2.24, 2.45) is 0 Å². The van der Waals surface area contributed by atoms with Gasteiger partial charge in [-0.25, -0.2) is 0 Å². The maximum atomic E-state index is 13.2. The standard InChI is InChI=1S/C14H8F2N2O2/c15-14(16)19-12-3-1-2-8(13(12)20-14)9-7-18-11-4-5-17-6-10(9)11/h1-7,18H. The van der Waals surface area contributed by atoms with Crippen molar-refractivity contribution in [1.82, 2.24) is 9.97 Å². The second-order valence-electron chi connectivity index (χ2n) is 4.42. The van der Waals surface area contributed by atoms with Gasteiger partial charge in [0.2, 0.25) is 0 Å². The minimum atomic E-state index is -3.62. The molecule has 100 valence electrons. The zero-order valence-electron chi connectivity index (χ0n) is 10.1. The molecular weight excluding hydrogens is 266 g/mol.